The summed E-state index contributed by atoms with van der Waals surface area (Å²) < 4.78 is 73.3. The minimum atomic E-state index is -4.79. The molecule has 1 atom stereocenters. The van der Waals surface area contributed by atoms with Gasteiger partial charge in [0.2, 0.25) is 0 Å². The van der Waals surface area contributed by atoms with E-state index in [0.29, 0.717) is 27.8 Å². The van der Waals surface area contributed by atoms with Crippen molar-refractivity contribution >= 4 is 45.3 Å². The van der Waals surface area contributed by atoms with Crippen LogP contribution in [0.5, 0.6) is 5.75 Å². The van der Waals surface area contributed by atoms with Crippen molar-refractivity contribution in [2.45, 2.75) is 24.0 Å². The predicted molar refractivity (Wildman–Crippen MR) is 168 cm³/mol. The SMILES string of the molecule is CC(NC(=O)COc1ccc(C=NNC(=O)CN(c2cc(C(F)(F)F)ccc2Cl)S(=O)(=O)c2ccccc2)cc1)c1ccccc1. The highest BCUT2D eigenvalue weighted by atomic mass is 35.5. The Hall–Kier alpha value is -4.88. The highest BCUT2D eigenvalue weighted by molar-refractivity contribution is 7.92. The van der Waals surface area contributed by atoms with Gasteiger partial charge < -0.3 is 10.1 Å². The van der Waals surface area contributed by atoms with Crippen LogP contribution in [0, 0.1) is 0 Å². The number of alkyl halides is 3. The Balaban J connectivity index is 1.39. The van der Waals surface area contributed by atoms with Gasteiger partial charge in [-0.15, -0.1) is 0 Å². The summed E-state index contributed by atoms with van der Waals surface area (Å²) in [7, 11) is -4.52. The van der Waals surface area contributed by atoms with Crippen LogP contribution in [-0.2, 0) is 25.8 Å². The minimum absolute atomic E-state index is 0.196. The third-order valence-electron chi connectivity index (χ3n) is 6.49. The van der Waals surface area contributed by atoms with Gasteiger partial charge in [0.1, 0.15) is 12.3 Å². The van der Waals surface area contributed by atoms with E-state index in [9.17, 15) is 31.2 Å². The van der Waals surface area contributed by atoms with Crippen molar-refractivity contribution < 1.29 is 35.9 Å². The lowest BCUT2D eigenvalue weighted by Gasteiger charge is -2.25. The lowest BCUT2D eigenvalue weighted by Crippen LogP contribution is -2.40. The summed E-state index contributed by atoms with van der Waals surface area (Å²) in [4.78, 5) is 24.8. The van der Waals surface area contributed by atoms with Gasteiger partial charge >= 0.3 is 6.18 Å². The molecule has 4 rings (SSSR count). The zero-order valence-electron chi connectivity index (χ0n) is 24.2. The van der Waals surface area contributed by atoms with E-state index in [4.69, 9.17) is 16.3 Å². The first kappa shape index (κ1) is 34.0. The Kier molecular flexibility index (Phi) is 11.0. The van der Waals surface area contributed by atoms with E-state index < -0.39 is 39.9 Å². The van der Waals surface area contributed by atoms with Gasteiger partial charge in [-0.1, -0.05) is 60.1 Å². The number of carbonyl (C=O) groups is 2. The summed E-state index contributed by atoms with van der Waals surface area (Å²) >= 11 is 6.14. The highest BCUT2D eigenvalue weighted by Gasteiger charge is 2.34. The molecule has 0 fully saturated rings. The maximum absolute atomic E-state index is 13.5. The smallest absolute Gasteiger partial charge is 0.416 e. The molecule has 0 aromatic heterocycles. The molecule has 2 amide bonds. The van der Waals surface area contributed by atoms with E-state index in [2.05, 4.69) is 15.8 Å². The van der Waals surface area contributed by atoms with Crippen LogP contribution < -0.4 is 19.8 Å². The first-order valence-corrected chi connectivity index (χ1v) is 15.5. The maximum atomic E-state index is 13.5. The van der Waals surface area contributed by atoms with Crippen molar-refractivity contribution in [1.29, 1.82) is 0 Å². The number of anilines is 1. The number of amides is 2. The van der Waals surface area contributed by atoms with E-state index in [0.717, 1.165) is 11.6 Å². The molecule has 0 aliphatic rings. The number of nitrogens with one attached hydrogen (secondary N) is 2. The molecule has 1 unspecified atom stereocenters. The molecular formula is C32H28ClF3N4O5S. The van der Waals surface area contributed by atoms with Crippen LogP contribution in [0.1, 0.15) is 29.7 Å². The Morgan fingerprint density at radius 2 is 1.57 bits per heavy atom. The first-order chi connectivity index (χ1) is 21.8. The second-order valence-electron chi connectivity index (χ2n) is 9.84. The summed E-state index contributed by atoms with van der Waals surface area (Å²) in [6.45, 7) is 0.729. The van der Waals surface area contributed by atoms with Gasteiger partial charge in [-0.2, -0.15) is 18.3 Å². The first-order valence-electron chi connectivity index (χ1n) is 13.7. The zero-order chi connectivity index (χ0) is 33.3. The van der Waals surface area contributed by atoms with Crippen molar-refractivity contribution in [2.24, 2.45) is 5.10 Å². The molecule has 0 aliphatic carbocycles. The molecule has 46 heavy (non-hydrogen) atoms. The summed E-state index contributed by atoms with van der Waals surface area (Å²) in [5.74, 6) is -0.845. The van der Waals surface area contributed by atoms with E-state index in [-0.39, 0.29) is 28.5 Å². The van der Waals surface area contributed by atoms with Gasteiger partial charge in [0.05, 0.1) is 33.4 Å². The molecule has 4 aromatic rings. The van der Waals surface area contributed by atoms with Gasteiger partial charge in [0, 0.05) is 0 Å². The molecule has 14 heteroatoms. The lowest BCUT2D eigenvalue weighted by atomic mass is 10.1. The second-order valence-corrected chi connectivity index (χ2v) is 12.1. The standard InChI is InChI=1S/C32H28ClF3N4O5S/c1-22(24-8-4-2-5-9-24)38-31(42)21-45-26-15-12-23(13-16-26)19-37-39-30(41)20-40(46(43,44)27-10-6-3-7-11-27)29-18-25(32(34,35)36)14-17-28(29)33/h2-19,22H,20-21H2,1H3,(H,38,42)(H,39,41). The molecule has 4 aromatic carbocycles. The molecule has 0 spiro atoms. The van der Waals surface area contributed by atoms with Crippen molar-refractivity contribution in [1.82, 2.24) is 10.7 Å². The van der Waals surface area contributed by atoms with Crippen molar-refractivity contribution in [3.8, 4) is 5.75 Å². The Labute approximate surface area is 268 Å². The second kappa shape index (κ2) is 14.9. The van der Waals surface area contributed by atoms with Gasteiger partial charge in [-0.3, -0.25) is 13.9 Å². The number of rotatable bonds is 12. The fourth-order valence-electron chi connectivity index (χ4n) is 4.15. The van der Waals surface area contributed by atoms with Gasteiger partial charge in [-0.05, 0) is 72.6 Å². The molecule has 2 N–H and O–H groups in total. The number of hydrazone groups is 1. The molecule has 0 saturated heterocycles. The quantitative estimate of drug-likeness (QED) is 0.142. The van der Waals surface area contributed by atoms with Crippen LogP contribution in [0.15, 0.2) is 113 Å². The number of carbonyl (C=O) groups excluding carboxylic acids is 2. The van der Waals surface area contributed by atoms with Crippen LogP contribution in [0.25, 0.3) is 0 Å². The number of sulfonamides is 1. The minimum Gasteiger partial charge on any atom is -0.484 e. The number of hydrogen-bond donors (Lipinski definition) is 2. The average Bonchev–Trinajstić information content (AvgIpc) is 3.04. The molecular weight excluding hydrogens is 645 g/mol. The Morgan fingerprint density at radius 1 is 0.935 bits per heavy atom. The number of ether oxygens (including phenoxy) is 1. The summed E-state index contributed by atoms with van der Waals surface area (Å²) in [5, 5.41) is 6.36. The lowest BCUT2D eigenvalue weighted by molar-refractivity contribution is -0.137. The van der Waals surface area contributed by atoms with Crippen molar-refractivity contribution in [3.05, 3.63) is 125 Å². The molecule has 0 aliphatic heterocycles. The van der Waals surface area contributed by atoms with E-state index in [1.54, 1.807) is 30.3 Å². The fourth-order valence-corrected chi connectivity index (χ4v) is 5.87. The third-order valence-corrected chi connectivity index (χ3v) is 8.58. The molecule has 0 radical (unpaired) electrons. The van der Waals surface area contributed by atoms with Gasteiger partial charge in [0.15, 0.2) is 6.61 Å². The van der Waals surface area contributed by atoms with Crippen LogP contribution in [0.3, 0.4) is 0 Å². The third kappa shape index (κ3) is 9.08. The Morgan fingerprint density at radius 3 is 2.20 bits per heavy atom. The van der Waals surface area contributed by atoms with E-state index in [1.807, 2.05) is 37.3 Å². The van der Waals surface area contributed by atoms with Crippen LogP contribution in [0.4, 0.5) is 18.9 Å². The molecule has 0 heterocycles. The Bertz CT molecular complexity index is 1790. The maximum Gasteiger partial charge on any atom is 0.416 e. The molecule has 0 saturated carbocycles. The monoisotopic (exact) mass is 672 g/mol. The molecule has 240 valence electrons. The molecule has 0 bridgehead atoms. The normalized spacial score (nSPS) is 12.4. The largest absolute Gasteiger partial charge is 0.484 e. The number of nitrogens with zero attached hydrogens (tertiary/aromatic N) is 2. The molecule has 9 nitrogen and oxygen atoms in total. The van der Waals surface area contributed by atoms with Crippen LogP contribution >= 0.6 is 11.6 Å². The topological polar surface area (TPSA) is 117 Å². The highest BCUT2D eigenvalue weighted by Crippen LogP contribution is 2.37. The van der Waals surface area contributed by atoms with Crippen molar-refractivity contribution in [3.63, 3.8) is 0 Å². The van der Waals surface area contributed by atoms with E-state index >= 15 is 0 Å². The summed E-state index contributed by atoms with van der Waals surface area (Å²) in [6, 6.07) is 24.7. The average molecular weight is 673 g/mol. The number of halogens is 4. The van der Waals surface area contributed by atoms with Crippen LogP contribution in [0.2, 0.25) is 5.02 Å². The van der Waals surface area contributed by atoms with Gasteiger partial charge in [-0.25, -0.2) is 13.8 Å². The van der Waals surface area contributed by atoms with Gasteiger partial charge in [0.25, 0.3) is 21.8 Å². The fraction of sp³-hybridized carbons (Fsp3) is 0.156. The summed E-state index contributed by atoms with van der Waals surface area (Å²) in [5.41, 5.74) is 1.98. The predicted octanol–water partition coefficient (Wildman–Crippen LogP) is 5.96. The summed E-state index contributed by atoms with van der Waals surface area (Å²) in [6.07, 6.45) is -3.52. The van der Waals surface area contributed by atoms with E-state index in [1.165, 1.54) is 30.5 Å². The number of hydrogen-bond acceptors (Lipinski definition) is 6. The van der Waals surface area contributed by atoms with Crippen LogP contribution in [-0.4, -0.2) is 39.6 Å². The number of benzene rings is 4. The zero-order valence-corrected chi connectivity index (χ0v) is 25.8. The van der Waals surface area contributed by atoms with Crippen molar-refractivity contribution in [2.75, 3.05) is 17.5 Å².